The molecule has 0 amide bonds. The Labute approximate surface area is 139 Å². The van der Waals surface area contributed by atoms with Gasteiger partial charge in [-0.05, 0) is 29.8 Å². The first-order chi connectivity index (χ1) is 11.3. The molecule has 8 heteroatoms. The fourth-order valence-electron chi connectivity index (χ4n) is 2.24. The lowest BCUT2D eigenvalue weighted by Crippen LogP contribution is -2.23. The van der Waals surface area contributed by atoms with E-state index in [-0.39, 0.29) is 6.54 Å². The normalized spacial score (nSPS) is 11.7. The van der Waals surface area contributed by atoms with E-state index in [1.54, 1.807) is 47.4 Å². The van der Waals surface area contributed by atoms with Gasteiger partial charge in [0.15, 0.2) is 0 Å². The summed E-state index contributed by atoms with van der Waals surface area (Å²) in [6.07, 6.45) is -0.386. The first kappa shape index (κ1) is 16.3. The molecule has 0 N–H and O–H groups in total. The summed E-state index contributed by atoms with van der Waals surface area (Å²) in [4.78, 5) is 12.0. The van der Waals surface area contributed by atoms with Crippen LogP contribution in [0.2, 0.25) is 5.02 Å². The van der Waals surface area contributed by atoms with E-state index >= 15 is 0 Å². The van der Waals surface area contributed by atoms with E-state index in [9.17, 15) is 18.0 Å². The molecule has 0 aliphatic heterocycles. The van der Waals surface area contributed by atoms with Gasteiger partial charge in [-0.25, -0.2) is 4.68 Å². The quantitative estimate of drug-likeness (QED) is 0.719. The molecule has 0 spiro atoms. The van der Waals surface area contributed by atoms with Crippen LogP contribution >= 0.6 is 11.6 Å². The Morgan fingerprint density at radius 1 is 1.17 bits per heavy atom. The van der Waals surface area contributed by atoms with Crippen molar-refractivity contribution in [2.24, 2.45) is 0 Å². The predicted octanol–water partition coefficient (Wildman–Crippen LogP) is 3.75. The van der Waals surface area contributed by atoms with Crippen molar-refractivity contribution in [3.63, 3.8) is 0 Å². The molecule has 3 aromatic rings. The largest absolute Gasteiger partial charge is 0.417 e. The monoisotopic (exact) mass is 353 g/mol. The zero-order valence-electron chi connectivity index (χ0n) is 12.2. The standard InChI is InChI=1S/C16H11ClF3N3O/c17-14-8-12(16(18,19)20)10-22(15(14)24)9-11-2-4-13(5-3-11)23-7-1-6-21-23/h1-8,10H,9H2. The molecule has 0 bridgehead atoms. The molecule has 0 fully saturated rings. The fraction of sp³-hybridized carbons (Fsp3) is 0.125. The summed E-state index contributed by atoms with van der Waals surface area (Å²) in [7, 11) is 0. The van der Waals surface area contributed by atoms with Crippen molar-refractivity contribution >= 4 is 11.6 Å². The Morgan fingerprint density at radius 3 is 2.46 bits per heavy atom. The number of alkyl halides is 3. The van der Waals surface area contributed by atoms with Gasteiger partial charge in [-0.1, -0.05) is 23.7 Å². The highest BCUT2D eigenvalue weighted by atomic mass is 35.5. The van der Waals surface area contributed by atoms with E-state index in [0.29, 0.717) is 11.6 Å². The van der Waals surface area contributed by atoms with Crippen LogP contribution < -0.4 is 5.56 Å². The van der Waals surface area contributed by atoms with Crippen LogP contribution in [0.4, 0.5) is 13.2 Å². The van der Waals surface area contributed by atoms with Gasteiger partial charge in [0.2, 0.25) is 0 Å². The Balaban J connectivity index is 1.91. The van der Waals surface area contributed by atoms with Crippen molar-refractivity contribution in [1.29, 1.82) is 0 Å². The SMILES string of the molecule is O=c1c(Cl)cc(C(F)(F)F)cn1Cc1ccc(-n2cccn2)cc1. The molecular formula is C16H11ClF3N3O. The third-order valence-electron chi connectivity index (χ3n) is 3.43. The maximum atomic E-state index is 12.8. The zero-order valence-corrected chi connectivity index (χ0v) is 12.9. The Kier molecular flexibility index (Phi) is 4.19. The van der Waals surface area contributed by atoms with Gasteiger partial charge in [0.1, 0.15) is 5.02 Å². The lowest BCUT2D eigenvalue weighted by molar-refractivity contribution is -0.138. The molecule has 0 aliphatic carbocycles. The minimum Gasteiger partial charge on any atom is -0.309 e. The van der Waals surface area contributed by atoms with Gasteiger partial charge in [-0.15, -0.1) is 0 Å². The summed E-state index contributed by atoms with van der Waals surface area (Å²) in [5, 5.41) is 3.62. The molecule has 2 heterocycles. The second-order valence-electron chi connectivity index (χ2n) is 5.12. The molecule has 4 nitrogen and oxygen atoms in total. The van der Waals surface area contributed by atoms with Crippen LogP contribution in [0.3, 0.4) is 0 Å². The van der Waals surface area contributed by atoms with Crippen molar-refractivity contribution in [3.05, 3.63) is 81.5 Å². The number of rotatable bonds is 3. The van der Waals surface area contributed by atoms with Crippen molar-refractivity contribution < 1.29 is 13.2 Å². The molecule has 0 saturated heterocycles. The number of hydrogen-bond acceptors (Lipinski definition) is 2. The number of aromatic nitrogens is 3. The number of halogens is 4. The summed E-state index contributed by atoms with van der Waals surface area (Å²) in [5.41, 5.74) is -0.150. The summed E-state index contributed by atoms with van der Waals surface area (Å²) < 4.78 is 41.1. The van der Waals surface area contributed by atoms with E-state index in [4.69, 9.17) is 11.6 Å². The van der Waals surface area contributed by atoms with Crippen LogP contribution in [0.15, 0.2) is 59.8 Å². The minimum absolute atomic E-state index is 0.0120. The third-order valence-corrected chi connectivity index (χ3v) is 3.70. The lowest BCUT2D eigenvalue weighted by atomic mass is 10.2. The molecule has 0 radical (unpaired) electrons. The van der Waals surface area contributed by atoms with Gasteiger partial charge in [0, 0.05) is 18.6 Å². The van der Waals surface area contributed by atoms with Gasteiger partial charge in [-0.3, -0.25) is 4.79 Å². The van der Waals surface area contributed by atoms with Crippen LogP contribution in [0.5, 0.6) is 0 Å². The zero-order chi connectivity index (χ0) is 17.3. The second kappa shape index (κ2) is 6.16. The highest BCUT2D eigenvalue weighted by Crippen LogP contribution is 2.29. The molecule has 2 aromatic heterocycles. The van der Waals surface area contributed by atoms with E-state index in [1.807, 2.05) is 0 Å². The molecule has 3 rings (SSSR count). The van der Waals surface area contributed by atoms with E-state index in [2.05, 4.69) is 5.10 Å². The topological polar surface area (TPSA) is 39.8 Å². The van der Waals surface area contributed by atoms with Gasteiger partial charge in [0.25, 0.3) is 5.56 Å². The average Bonchev–Trinajstić information content (AvgIpc) is 3.05. The van der Waals surface area contributed by atoms with E-state index in [1.165, 1.54) is 0 Å². The number of hydrogen-bond donors (Lipinski definition) is 0. The van der Waals surface area contributed by atoms with Crippen LogP contribution in [0.25, 0.3) is 5.69 Å². The Hall–Kier alpha value is -2.54. The van der Waals surface area contributed by atoms with Crippen molar-refractivity contribution in [2.75, 3.05) is 0 Å². The van der Waals surface area contributed by atoms with Crippen molar-refractivity contribution in [2.45, 2.75) is 12.7 Å². The highest BCUT2D eigenvalue weighted by molar-refractivity contribution is 6.30. The summed E-state index contributed by atoms with van der Waals surface area (Å²) in [6.45, 7) is -0.0120. The molecule has 0 atom stereocenters. The maximum Gasteiger partial charge on any atom is 0.417 e. The van der Waals surface area contributed by atoms with Gasteiger partial charge < -0.3 is 4.57 Å². The van der Waals surface area contributed by atoms with Crippen LogP contribution in [0, 0.1) is 0 Å². The first-order valence-electron chi connectivity index (χ1n) is 6.91. The maximum absolute atomic E-state index is 12.8. The molecule has 0 saturated carbocycles. The summed E-state index contributed by atoms with van der Waals surface area (Å²) >= 11 is 5.64. The molecule has 24 heavy (non-hydrogen) atoms. The fourth-order valence-corrected chi connectivity index (χ4v) is 2.47. The van der Waals surface area contributed by atoms with E-state index < -0.39 is 22.3 Å². The van der Waals surface area contributed by atoms with Gasteiger partial charge >= 0.3 is 6.18 Å². The summed E-state index contributed by atoms with van der Waals surface area (Å²) in [5.74, 6) is 0. The Morgan fingerprint density at radius 2 is 1.88 bits per heavy atom. The molecule has 1 aromatic carbocycles. The second-order valence-corrected chi connectivity index (χ2v) is 5.53. The third kappa shape index (κ3) is 3.35. The van der Waals surface area contributed by atoms with E-state index in [0.717, 1.165) is 16.5 Å². The van der Waals surface area contributed by atoms with Crippen molar-refractivity contribution in [3.8, 4) is 5.69 Å². The minimum atomic E-state index is -4.57. The number of benzene rings is 1. The average molecular weight is 354 g/mol. The van der Waals surface area contributed by atoms with Crippen LogP contribution in [-0.4, -0.2) is 14.3 Å². The molecule has 0 unspecified atom stereocenters. The molecular weight excluding hydrogens is 343 g/mol. The first-order valence-corrected chi connectivity index (χ1v) is 7.28. The predicted molar refractivity (Wildman–Crippen MR) is 83.4 cm³/mol. The number of pyridine rings is 1. The molecule has 124 valence electrons. The van der Waals surface area contributed by atoms with Crippen LogP contribution in [0.1, 0.15) is 11.1 Å². The van der Waals surface area contributed by atoms with Crippen LogP contribution in [-0.2, 0) is 12.7 Å². The van der Waals surface area contributed by atoms with Gasteiger partial charge in [-0.2, -0.15) is 18.3 Å². The Bertz CT molecular complexity index is 900. The summed E-state index contributed by atoms with van der Waals surface area (Å²) in [6, 6.07) is 9.39. The number of nitrogens with zero attached hydrogens (tertiary/aromatic N) is 3. The smallest absolute Gasteiger partial charge is 0.309 e. The lowest BCUT2D eigenvalue weighted by Gasteiger charge is -2.12. The highest BCUT2D eigenvalue weighted by Gasteiger charge is 2.32. The molecule has 0 aliphatic rings. The van der Waals surface area contributed by atoms with Gasteiger partial charge in [0.05, 0.1) is 17.8 Å². The van der Waals surface area contributed by atoms with Crippen molar-refractivity contribution in [1.82, 2.24) is 14.3 Å².